The summed E-state index contributed by atoms with van der Waals surface area (Å²) in [6, 6.07) is 14.6. The second-order valence-electron chi connectivity index (χ2n) is 8.75. The molecule has 6 rings (SSSR count). The van der Waals surface area contributed by atoms with E-state index >= 15 is 0 Å². The average Bonchev–Trinajstić information content (AvgIpc) is 3.18. The van der Waals surface area contributed by atoms with Crippen LogP contribution in [0.5, 0.6) is 0 Å². The normalized spacial score (nSPS) is 23.1. The minimum absolute atomic E-state index is 0.440. The van der Waals surface area contributed by atoms with Gasteiger partial charge in [0.25, 0.3) is 0 Å². The molecule has 2 aromatic carbocycles. The molecule has 2 bridgehead atoms. The van der Waals surface area contributed by atoms with E-state index in [9.17, 15) is 9.90 Å². The zero-order valence-electron chi connectivity index (χ0n) is 17.2. The molecule has 0 radical (unpaired) electrons. The molecule has 3 aliphatic rings. The number of aromatic nitrogens is 1. The lowest BCUT2D eigenvalue weighted by Gasteiger charge is -2.45. The molecule has 0 amide bonds. The van der Waals surface area contributed by atoms with Crippen LogP contribution in [-0.2, 0) is 12.8 Å². The highest BCUT2D eigenvalue weighted by Crippen LogP contribution is 2.29. The molecular weight excluding hydrogens is 374 g/mol. The Bertz CT molecular complexity index is 1040. The van der Waals surface area contributed by atoms with E-state index in [1.807, 2.05) is 48.7 Å². The maximum atomic E-state index is 12.2. The molecule has 30 heavy (non-hydrogen) atoms. The topological polar surface area (TPSA) is 68.4 Å². The van der Waals surface area contributed by atoms with Gasteiger partial charge in [-0.15, -0.1) is 0 Å². The number of H-pyrrole nitrogens is 1. The maximum absolute atomic E-state index is 12.2. The first-order chi connectivity index (χ1) is 14.7. The van der Waals surface area contributed by atoms with Gasteiger partial charge in [-0.2, -0.15) is 0 Å². The van der Waals surface area contributed by atoms with E-state index in [1.165, 1.54) is 25.9 Å². The van der Waals surface area contributed by atoms with Gasteiger partial charge in [0.15, 0.2) is 0 Å². The van der Waals surface area contributed by atoms with Crippen molar-refractivity contribution in [1.82, 2.24) is 15.2 Å². The van der Waals surface area contributed by atoms with Crippen molar-refractivity contribution in [3.05, 3.63) is 70.9 Å². The molecule has 3 aliphatic heterocycles. The zero-order valence-corrected chi connectivity index (χ0v) is 17.2. The molecule has 3 fully saturated rings. The number of aromatic amines is 1. The van der Waals surface area contributed by atoms with Crippen molar-refractivity contribution in [2.24, 2.45) is 5.92 Å². The van der Waals surface area contributed by atoms with Gasteiger partial charge in [0, 0.05) is 29.7 Å². The quantitative estimate of drug-likeness (QED) is 0.563. The molecule has 5 heteroatoms. The lowest BCUT2D eigenvalue weighted by Crippen LogP contribution is -2.56. The third-order valence-electron chi connectivity index (χ3n) is 6.92. The van der Waals surface area contributed by atoms with Gasteiger partial charge in [-0.1, -0.05) is 36.4 Å². The van der Waals surface area contributed by atoms with Crippen LogP contribution in [0.25, 0.3) is 10.9 Å². The highest BCUT2D eigenvalue weighted by molar-refractivity contribution is 6.05. The number of carboxylic acids is 1. The Morgan fingerprint density at radius 3 is 2.60 bits per heavy atom. The van der Waals surface area contributed by atoms with E-state index in [1.54, 1.807) is 0 Å². The van der Waals surface area contributed by atoms with Crippen molar-refractivity contribution in [2.45, 2.75) is 31.7 Å². The van der Waals surface area contributed by atoms with Crippen molar-refractivity contribution in [3.8, 4) is 0 Å². The number of hydrogen-bond acceptors (Lipinski definition) is 3. The number of carbonyl (C=O) groups is 1. The van der Waals surface area contributed by atoms with Crippen LogP contribution in [0.4, 0.5) is 0 Å². The van der Waals surface area contributed by atoms with Crippen molar-refractivity contribution in [2.75, 3.05) is 26.2 Å². The first kappa shape index (κ1) is 19.3. The van der Waals surface area contributed by atoms with Gasteiger partial charge >= 0.3 is 5.97 Å². The van der Waals surface area contributed by atoms with Crippen molar-refractivity contribution in [1.29, 1.82) is 0 Å². The predicted molar refractivity (Wildman–Crippen MR) is 119 cm³/mol. The Morgan fingerprint density at radius 1 is 1.10 bits per heavy atom. The monoisotopic (exact) mass is 403 g/mol. The van der Waals surface area contributed by atoms with E-state index in [0.717, 1.165) is 53.0 Å². The van der Waals surface area contributed by atoms with Crippen LogP contribution in [0.15, 0.2) is 48.7 Å². The molecule has 0 aliphatic carbocycles. The van der Waals surface area contributed by atoms with Crippen LogP contribution in [0.3, 0.4) is 0 Å². The number of hydrogen-bond donors (Lipinski definition) is 3. The highest BCUT2D eigenvalue weighted by Gasteiger charge is 2.33. The molecule has 3 N–H and O–H groups in total. The third kappa shape index (κ3) is 3.75. The van der Waals surface area contributed by atoms with E-state index in [-0.39, 0.29) is 0 Å². The van der Waals surface area contributed by atoms with E-state index in [0.29, 0.717) is 18.0 Å². The Labute approximate surface area is 177 Å². The summed E-state index contributed by atoms with van der Waals surface area (Å²) in [5.41, 5.74) is 4.43. The molecular formula is C25H29N3O2. The van der Waals surface area contributed by atoms with E-state index in [4.69, 9.17) is 0 Å². The number of piperidine rings is 3. The number of fused-ring (bicyclic) bond motifs is 4. The lowest BCUT2D eigenvalue weighted by molar-refractivity contribution is 0.0698. The van der Waals surface area contributed by atoms with Crippen molar-refractivity contribution in [3.63, 3.8) is 0 Å². The van der Waals surface area contributed by atoms with Gasteiger partial charge in [-0.3, -0.25) is 0 Å². The van der Waals surface area contributed by atoms with Crippen LogP contribution in [0.2, 0.25) is 0 Å². The van der Waals surface area contributed by atoms with Gasteiger partial charge in [-0.25, -0.2) is 4.79 Å². The summed E-state index contributed by atoms with van der Waals surface area (Å²) in [6.45, 7) is 4.53. The first-order valence-corrected chi connectivity index (χ1v) is 11.0. The van der Waals surface area contributed by atoms with E-state index < -0.39 is 5.97 Å². The van der Waals surface area contributed by atoms with Crippen molar-refractivity contribution >= 4 is 16.9 Å². The Kier molecular flexibility index (Phi) is 5.32. The predicted octanol–water partition coefficient (Wildman–Crippen LogP) is 3.68. The fourth-order valence-electron chi connectivity index (χ4n) is 5.33. The molecule has 3 saturated heterocycles. The van der Waals surface area contributed by atoms with Crippen LogP contribution in [0.1, 0.15) is 39.9 Å². The molecule has 156 valence electrons. The third-order valence-corrected chi connectivity index (χ3v) is 6.92. The number of aromatic carboxylic acids is 1. The molecule has 1 aromatic heterocycles. The number of rotatable bonds is 7. The summed E-state index contributed by atoms with van der Waals surface area (Å²) in [6.07, 6.45) is 6.05. The maximum Gasteiger partial charge on any atom is 0.336 e. The minimum Gasteiger partial charge on any atom is -0.478 e. The summed E-state index contributed by atoms with van der Waals surface area (Å²) in [4.78, 5) is 18.1. The van der Waals surface area contributed by atoms with Crippen molar-refractivity contribution < 1.29 is 9.90 Å². The fraction of sp³-hybridized carbons (Fsp3) is 0.400. The first-order valence-electron chi connectivity index (χ1n) is 11.0. The molecule has 4 heterocycles. The summed E-state index contributed by atoms with van der Waals surface area (Å²) in [5.74, 6) is -0.0530. The standard InChI is InChI=1S/C25H29N3O2/c29-25(30)24-19(14-17-4-2-1-3-5-17)6-7-21-23(24)20(15-27-21)8-11-26-22-16-28-12-9-18(22)10-13-28/h1-7,15,18,22,26-27H,8-14,16H2,(H,29,30). The fourth-order valence-corrected chi connectivity index (χ4v) is 5.33. The number of nitrogens with one attached hydrogen (secondary N) is 2. The number of carboxylic acid groups (broad SMARTS) is 1. The second kappa shape index (κ2) is 8.25. The summed E-state index contributed by atoms with van der Waals surface area (Å²) < 4.78 is 0. The molecule has 1 unspecified atom stereocenters. The molecule has 5 nitrogen and oxygen atoms in total. The molecule has 0 spiro atoms. The smallest absolute Gasteiger partial charge is 0.336 e. The minimum atomic E-state index is -0.849. The van der Waals surface area contributed by atoms with Crippen LogP contribution < -0.4 is 5.32 Å². The number of nitrogens with zero attached hydrogens (tertiary/aromatic N) is 1. The van der Waals surface area contributed by atoms with Gasteiger partial charge in [0.1, 0.15) is 0 Å². The Balaban J connectivity index is 1.37. The summed E-state index contributed by atoms with van der Waals surface area (Å²) >= 11 is 0. The van der Waals surface area contributed by atoms with Crippen LogP contribution in [-0.4, -0.2) is 53.2 Å². The van der Waals surface area contributed by atoms with Crippen LogP contribution >= 0.6 is 0 Å². The Hall–Kier alpha value is -2.63. The zero-order chi connectivity index (χ0) is 20.5. The lowest BCUT2D eigenvalue weighted by atomic mass is 9.84. The average molecular weight is 404 g/mol. The highest BCUT2D eigenvalue weighted by atomic mass is 16.4. The SMILES string of the molecule is O=C(O)c1c(Cc2ccccc2)ccc2[nH]cc(CCNC3CN4CCC3CC4)c12. The van der Waals surface area contributed by atoms with Gasteiger partial charge in [0.05, 0.1) is 5.56 Å². The van der Waals surface area contributed by atoms with Gasteiger partial charge < -0.3 is 20.3 Å². The Morgan fingerprint density at radius 2 is 1.90 bits per heavy atom. The van der Waals surface area contributed by atoms with Gasteiger partial charge in [0.2, 0.25) is 0 Å². The molecule has 1 atom stereocenters. The second-order valence-corrected chi connectivity index (χ2v) is 8.75. The summed E-state index contributed by atoms with van der Waals surface area (Å²) in [7, 11) is 0. The molecule has 3 aromatic rings. The largest absolute Gasteiger partial charge is 0.478 e. The molecule has 0 saturated carbocycles. The van der Waals surface area contributed by atoms with Crippen LogP contribution in [0, 0.1) is 5.92 Å². The summed E-state index contributed by atoms with van der Waals surface area (Å²) in [5, 5.41) is 14.7. The van der Waals surface area contributed by atoms with Gasteiger partial charge in [-0.05, 0) is 74.0 Å². The number of benzene rings is 2. The van der Waals surface area contributed by atoms with E-state index in [2.05, 4.69) is 15.2 Å².